The molecule has 1 aromatic heterocycles. The molecule has 2 rings (SSSR count). The van der Waals surface area contributed by atoms with Gasteiger partial charge in [0.15, 0.2) is 5.96 Å². The van der Waals surface area contributed by atoms with Crippen molar-refractivity contribution in [1.82, 2.24) is 15.4 Å². The maximum atomic E-state index is 5.22. The van der Waals surface area contributed by atoms with Crippen LogP contribution >= 0.6 is 24.0 Å². The van der Waals surface area contributed by atoms with Gasteiger partial charge in [0.05, 0.1) is 5.69 Å². The van der Waals surface area contributed by atoms with Crippen molar-refractivity contribution < 1.29 is 4.52 Å². The molecule has 138 valence electrons. The Morgan fingerprint density at radius 1 is 1.29 bits per heavy atom. The SMILES string of the molecule is CCNC(=NCCCc1c(C)noc1C)N1CC(C)(C)C1(C)C.I. The first-order valence-electron chi connectivity index (χ1n) is 8.68. The van der Waals surface area contributed by atoms with Gasteiger partial charge in [-0.1, -0.05) is 19.0 Å². The van der Waals surface area contributed by atoms with Gasteiger partial charge in [-0.15, -0.1) is 24.0 Å². The largest absolute Gasteiger partial charge is 0.361 e. The third-order valence-electron chi connectivity index (χ3n) is 5.50. The number of nitrogens with one attached hydrogen (secondary N) is 1. The Kier molecular flexibility index (Phi) is 7.14. The smallest absolute Gasteiger partial charge is 0.194 e. The number of aliphatic imine (C=N–C) groups is 1. The van der Waals surface area contributed by atoms with Crippen molar-refractivity contribution in [2.45, 2.75) is 66.8 Å². The Morgan fingerprint density at radius 3 is 2.42 bits per heavy atom. The molecule has 1 aliphatic rings. The summed E-state index contributed by atoms with van der Waals surface area (Å²) in [6.45, 7) is 18.1. The van der Waals surface area contributed by atoms with E-state index >= 15 is 0 Å². The fraction of sp³-hybridized carbons (Fsp3) is 0.778. The van der Waals surface area contributed by atoms with Crippen LogP contribution in [-0.2, 0) is 6.42 Å². The van der Waals surface area contributed by atoms with E-state index in [0.717, 1.165) is 49.9 Å². The third-order valence-corrected chi connectivity index (χ3v) is 5.50. The lowest BCUT2D eigenvalue weighted by Gasteiger charge is -2.62. The van der Waals surface area contributed by atoms with E-state index in [0.29, 0.717) is 5.41 Å². The fourth-order valence-electron chi connectivity index (χ4n) is 3.09. The fourth-order valence-corrected chi connectivity index (χ4v) is 3.09. The molecule has 0 saturated carbocycles. The number of likely N-dealkylation sites (tertiary alicyclic amines) is 1. The highest BCUT2D eigenvalue weighted by atomic mass is 127. The van der Waals surface area contributed by atoms with E-state index in [2.05, 4.69) is 50.0 Å². The Hall–Kier alpha value is -0.790. The Morgan fingerprint density at radius 2 is 1.96 bits per heavy atom. The zero-order valence-corrected chi connectivity index (χ0v) is 18.5. The summed E-state index contributed by atoms with van der Waals surface area (Å²) in [5.41, 5.74) is 2.69. The van der Waals surface area contributed by atoms with Crippen molar-refractivity contribution in [2.75, 3.05) is 19.6 Å². The number of aromatic nitrogens is 1. The van der Waals surface area contributed by atoms with Gasteiger partial charge in [-0.3, -0.25) is 4.99 Å². The molecular weight excluding hydrogens is 415 g/mol. The molecular formula is C18H33IN4O. The summed E-state index contributed by atoms with van der Waals surface area (Å²) in [6.07, 6.45) is 1.98. The Bertz CT molecular complexity index is 558. The van der Waals surface area contributed by atoms with Crippen LogP contribution in [0.25, 0.3) is 0 Å². The molecule has 1 N–H and O–H groups in total. The zero-order valence-electron chi connectivity index (χ0n) is 16.2. The second kappa shape index (κ2) is 8.06. The molecule has 24 heavy (non-hydrogen) atoms. The molecule has 0 aliphatic carbocycles. The van der Waals surface area contributed by atoms with Gasteiger partial charge in [0, 0.05) is 36.2 Å². The second-order valence-electron chi connectivity index (χ2n) is 7.67. The van der Waals surface area contributed by atoms with Gasteiger partial charge < -0.3 is 14.7 Å². The minimum absolute atomic E-state index is 0. The predicted octanol–water partition coefficient (Wildman–Crippen LogP) is 3.93. The molecule has 1 aromatic rings. The van der Waals surface area contributed by atoms with Gasteiger partial charge >= 0.3 is 0 Å². The van der Waals surface area contributed by atoms with Gasteiger partial charge in [-0.2, -0.15) is 0 Å². The zero-order chi connectivity index (χ0) is 17.3. The third kappa shape index (κ3) is 4.06. The number of nitrogens with zero attached hydrogens (tertiary/aromatic N) is 3. The number of guanidine groups is 1. The highest BCUT2D eigenvalue weighted by Gasteiger charge is 2.53. The van der Waals surface area contributed by atoms with Crippen molar-refractivity contribution in [3.8, 4) is 0 Å². The number of rotatable bonds is 5. The molecule has 0 bridgehead atoms. The van der Waals surface area contributed by atoms with E-state index in [1.165, 1.54) is 5.56 Å². The molecule has 0 amide bonds. The predicted molar refractivity (Wildman–Crippen MR) is 110 cm³/mol. The molecule has 0 radical (unpaired) electrons. The molecule has 0 atom stereocenters. The monoisotopic (exact) mass is 448 g/mol. The quantitative estimate of drug-likeness (QED) is 0.321. The summed E-state index contributed by atoms with van der Waals surface area (Å²) >= 11 is 0. The van der Waals surface area contributed by atoms with Crippen LogP contribution in [0.2, 0.25) is 0 Å². The minimum Gasteiger partial charge on any atom is -0.361 e. The van der Waals surface area contributed by atoms with E-state index in [-0.39, 0.29) is 29.5 Å². The molecule has 0 unspecified atom stereocenters. The van der Waals surface area contributed by atoms with Crippen LogP contribution in [-0.4, -0.2) is 41.2 Å². The number of aryl methyl sites for hydroxylation is 2. The molecule has 6 heteroatoms. The number of halogens is 1. The maximum absolute atomic E-state index is 5.22. The van der Waals surface area contributed by atoms with Crippen molar-refractivity contribution in [3.63, 3.8) is 0 Å². The molecule has 0 aromatic carbocycles. The summed E-state index contributed by atoms with van der Waals surface area (Å²) in [5.74, 6) is 1.97. The average Bonchev–Trinajstić information content (AvgIpc) is 2.79. The molecule has 0 spiro atoms. The first kappa shape index (κ1) is 21.3. The topological polar surface area (TPSA) is 53.7 Å². The van der Waals surface area contributed by atoms with Crippen LogP contribution in [0, 0.1) is 19.3 Å². The molecule has 2 heterocycles. The molecule has 1 fully saturated rings. The van der Waals surface area contributed by atoms with Gasteiger partial charge in [0.25, 0.3) is 0 Å². The van der Waals surface area contributed by atoms with Crippen LogP contribution in [0.5, 0.6) is 0 Å². The van der Waals surface area contributed by atoms with Crippen LogP contribution in [0.3, 0.4) is 0 Å². The van der Waals surface area contributed by atoms with Crippen molar-refractivity contribution in [1.29, 1.82) is 0 Å². The van der Waals surface area contributed by atoms with E-state index in [9.17, 15) is 0 Å². The van der Waals surface area contributed by atoms with Crippen LogP contribution < -0.4 is 5.32 Å². The standard InChI is InChI=1S/C18H32N4O.HI/c1-8-19-16(22-12-17(4,5)18(22,6)7)20-11-9-10-15-13(2)21-23-14(15)3;/h8-12H2,1-7H3,(H,19,20);1H. The van der Waals surface area contributed by atoms with Crippen molar-refractivity contribution >= 4 is 29.9 Å². The highest BCUT2D eigenvalue weighted by molar-refractivity contribution is 14.0. The highest BCUT2D eigenvalue weighted by Crippen LogP contribution is 2.46. The molecule has 5 nitrogen and oxygen atoms in total. The van der Waals surface area contributed by atoms with Crippen LogP contribution in [0.4, 0.5) is 0 Å². The van der Waals surface area contributed by atoms with E-state index in [1.807, 2.05) is 13.8 Å². The van der Waals surface area contributed by atoms with Crippen LogP contribution in [0.15, 0.2) is 9.52 Å². The molecule has 1 aliphatic heterocycles. The van der Waals surface area contributed by atoms with Gasteiger partial charge in [0.2, 0.25) is 0 Å². The Labute approximate surface area is 163 Å². The normalized spacial score (nSPS) is 18.8. The first-order valence-corrected chi connectivity index (χ1v) is 8.68. The summed E-state index contributed by atoms with van der Waals surface area (Å²) in [6, 6.07) is 0. The second-order valence-corrected chi connectivity index (χ2v) is 7.67. The number of hydrogen-bond acceptors (Lipinski definition) is 3. The van der Waals surface area contributed by atoms with E-state index in [1.54, 1.807) is 0 Å². The lowest BCUT2D eigenvalue weighted by atomic mass is 9.65. The maximum Gasteiger partial charge on any atom is 0.194 e. The lowest BCUT2D eigenvalue weighted by molar-refractivity contribution is -0.0667. The van der Waals surface area contributed by atoms with E-state index < -0.39 is 0 Å². The summed E-state index contributed by atoms with van der Waals surface area (Å²) in [4.78, 5) is 7.23. The first-order chi connectivity index (χ1) is 10.7. The molecule has 1 saturated heterocycles. The van der Waals surface area contributed by atoms with Crippen LogP contribution in [0.1, 0.15) is 58.1 Å². The summed E-state index contributed by atoms with van der Waals surface area (Å²) < 4.78 is 5.22. The minimum atomic E-state index is 0. The van der Waals surface area contributed by atoms with Gasteiger partial charge in [-0.25, -0.2) is 0 Å². The van der Waals surface area contributed by atoms with Crippen molar-refractivity contribution in [3.05, 3.63) is 17.0 Å². The summed E-state index contributed by atoms with van der Waals surface area (Å²) in [5, 5.41) is 7.45. The van der Waals surface area contributed by atoms with Gasteiger partial charge in [-0.05, 0) is 47.5 Å². The lowest BCUT2D eigenvalue weighted by Crippen LogP contribution is -2.72. The Balaban J connectivity index is 0.00000288. The number of hydrogen-bond donors (Lipinski definition) is 1. The summed E-state index contributed by atoms with van der Waals surface area (Å²) in [7, 11) is 0. The average molecular weight is 448 g/mol. The van der Waals surface area contributed by atoms with E-state index in [4.69, 9.17) is 9.52 Å². The van der Waals surface area contributed by atoms with Crippen molar-refractivity contribution in [2.24, 2.45) is 10.4 Å². The van der Waals surface area contributed by atoms with Gasteiger partial charge in [0.1, 0.15) is 5.76 Å².